The van der Waals surface area contributed by atoms with Gasteiger partial charge in [-0.15, -0.1) is 0 Å². The lowest BCUT2D eigenvalue weighted by Crippen LogP contribution is -2.04. The standard InChI is InChI=1S/C14H9ClF2O/c15-11-3-1-2-10(7-11)14(18)6-9-4-12(16)8-13(17)5-9/h1-5,7-8H,6H2. The van der Waals surface area contributed by atoms with E-state index in [2.05, 4.69) is 0 Å². The second kappa shape index (κ2) is 5.27. The van der Waals surface area contributed by atoms with Gasteiger partial charge in [0.1, 0.15) is 11.6 Å². The molecule has 4 heteroatoms. The molecular formula is C14H9ClF2O. The van der Waals surface area contributed by atoms with Crippen LogP contribution < -0.4 is 0 Å². The third-order valence-corrected chi connectivity index (χ3v) is 2.67. The molecule has 0 aliphatic carbocycles. The van der Waals surface area contributed by atoms with Crippen LogP contribution in [0.4, 0.5) is 8.78 Å². The summed E-state index contributed by atoms with van der Waals surface area (Å²) in [6, 6.07) is 9.51. The fourth-order valence-electron chi connectivity index (χ4n) is 1.66. The largest absolute Gasteiger partial charge is 0.294 e. The van der Waals surface area contributed by atoms with Crippen LogP contribution in [-0.4, -0.2) is 5.78 Å². The summed E-state index contributed by atoms with van der Waals surface area (Å²) >= 11 is 5.77. The Hall–Kier alpha value is -1.74. The zero-order chi connectivity index (χ0) is 13.1. The third kappa shape index (κ3) is 3.14. The molecule has 2 rings (SSSR count). The van der Waals surface area contributed by atoms with Gasteiger partial charge >= 0.3 is 0 Å². The van der Waals surface area contributed by atoms with Crippen LogP contribution in [-0.2, 0) is 6.42 Å². The highest BCUT2D eigenvalue weighted by molar-refractivity contribution is 6.31. The molecular weight excluding hydrogens is 258 g/mol. The van der Waals surface area contributed by atoms with Crippen LogP contribution in [0.2, 0.25) is 5.02 Å². The Morgan fingerprint density at radius 3 is 2.33 bits per heavy atom. The second-order valence-electron chi connectivity index (χ2n) is 3.89. The van der Waals surface area contributed by atoms with Gasteiger partial charge in [-0.05, 0) is 29.8 Å². The predicted molar refractivity (Wildman–Crippen MR) is 65.8 cm³/mol. The minimum atomic E-state index is -0.691. The molecule has 0 bridgehead atoms. The van der Waals surface area contributed by atoms with Gasteiger partial charge in [0, 0.05) is 23.1 Å². The van der Waals surface area contributed by atoms with Gasteiger partial charge in [0.2, 0.25) is 0 Å². The van der Waals surface area contributed by atoms with Crippen LogP contribution in [0, 0.1) is 11.6 Å². The molecule has 2 aromatic carbocycles. The first-order valence-corrected chi connectivity index (χ1v) is 5.66. The molecule has 0 N–H and O–H groups in total. The maximum absolute atomic E-state index is 13.0. The third-order valence-electron chi connectivity index (χ3n) is 2.43. The Labute approximate surface area is 108 Å². The summed E-state index contributed by atoms with van der Waals surface area (Å²) in [4.78, 5) is 11.9. The normalized spacial score (nSPS) is 10.4. The molecule has 0 saturated carbocycles. The zero-order valence-electron chi connectivity index (χ0n) is 9.29. The van der Waals surface area contributed by atoms with Gasteiger partial charge < -0.3 is 0 Å². The second-order valence-corrected chi connectivity index (χ2v) is 4.32. The monoisotopic (exact) mass is 266 g/mol. The first-order valence-electron chi connectivity index (χ1n) is 5.28. The number of halogens is 3. The molecule has 0 aliphatic rings. The Balaban J connectivity index is 2.21. The molecule has 0 spiro atoms. The molecule has 0 fully saturated rings. The number of carbonyl (C=O) groups excluding carboxylic acids is 1. The van der Waals surface area contributed by atoms with Crippen LogP contribution in [0.1, 0.15) is 15.9 Å². The van der Waals surface area contributed by atoms with Crippen molar-refractivity contribution in [2.75, 3.05) is 0 Å². The van der Waals surface area contributed by atoms with Gasteiger partial charge in [-0.3, -0.25) is 4.79 Å². The van der Waals surface area contributed by atoms with E-state index in [0.29, 0.717) is 16.1 Å². The highest BCUT2D eigenvalue weighted by Gasteiger charge is 2.09. The average molecular weight is 267 g/mol. The molecule has 18 heavy (non-hydrogen) atoms. The Kier molecular flexibility index (Phi) is 3.72. The van der Waals surface area contributed by atoms with Crippen molar-refractivity contribution in [1.82, 2.24) is 0 Å². The predicted octanol–water partition coefficient (Wildman–Crippen LogP) is 4.04. The molecule has 0 radical (unpaired) electrons. The Bertz CT molecular complexity index is 576. The number of Topliss-reactive ketones (excluding diaryl/α,β-unsaturated/α-hetero) is 1. The molecule has 2 aromatic rings. The average Bonchev–Trinajstić information content (AvgIpc) is 2.27. The van der Waals surface area contributed by atoms with Crippen molar-refractivity contribution in [3.05, 3.63) is 70.2 Å². The van der Waals surface area contributed by atoms with Crippen molar-refractivity contribution in [1.29, 1.82) is 0 Å². The van der Waals surface area contributed by atoms with Gasteiger partial charge in [0.05, 0.1) is 0 Å². The molecule has 0 amide bonds. The van der Waals surface area contributed by atoms with Gasteiger partial charge in [-0.1, -0.05) is 23.7 Å². The Morgan fingerprint density at radius 2 is 1.72 bits per heavy atom. The van der Waals surface area contributed by atoms with E-state index in [1.54, 1.807) is 18.2 Å². The van der Waals surface area contributed by atoms with E-state index in [9.17, 15) is 13.6 Å². The summed E-state index contributed by atoms with van der Waals surface area (Å²) < 4.78 is 25.9. The molecule has 1 nitrogen and oxygen atoms in total. The summed E-state index contributed by atoms with van der Waals surface area (Å²) in [6.45, 7) is 0. The zero-order valence-corrected chi connectivity index (χ0v) is 10.0. The number of carbonyl (C=O) groups is 1. The van der Waals surface area contributed by atoms with Crippen LogP contribution in [0.3, 0.4) is 0 Å². The van der Waals surface area contributed by atoms with Crippen molar-refractivity contribution >= 4 is 17.4 Å². The van der Waals surface area contributed by atoms with Gasteiger partial charge in [-0.25, -0.2) is 8.78 Å². The molecule has 0 unspecified atom stereocenters. The summed E-state index contributed by atoms with van der Waals surface area (Å²) in [5.74, 6) is -1.62. The highest BCUT2D eigenvalue weighted by atomic mass is 35.5. The summed E-state index contributed by atoms with van der Waals surface area (Å²) in [7, 11) is 0. The molecule has 0 saturated heterocycles. The molecule has 0 aromatic heterocycles. The lowest BCUT2D eigenvalue weighted by Gasteiger charge is -2.03. The van der Waals surface area contributed by atoms with E-state index in [4.69, 9.17) is 11.6 Å². The maximum Gasteiger partial charge on any atom is 0.167 e. The van der Waals surface area contributed by atoms with E-state index in [0.717, 1.165) is 18.2 Å². The summed E-state index contributed by atoms with van der Waals surface area (Å²) in [5.41, 5.74) is 0.727. The van der Waals surface area contributed by atoms with Gasteiger partial charge in [0.15, 0.2) is 5.78 Å². The van der Waals surface area contributed by atoms with Gasteiger partial charge in [-0.2, -0.15) is 0 Å². The van der Waals surface area contributed by atoms with Crippen molar-refractivity contribution in [2.24, 2.45) is 0 Å². The van der Waals surface area contributed by atoms with Crippen LogP contribution in [0.5, 0.6) is 0 Å². The highest BCUT2D eigenvalue weighted by Crippen LogP contribution is 2.15. The van der Waals surface area contributed by atoms with E-state index >= 15 is 0 Å². The quantitative estimate of drug-likeness (QED) is 0.766. The van der Waals surface area contributed by atoms with Crippen molar-refractivity contribution in [3.8, 4) is 0 Å². The minimum Gasteiger partial charge on any atom is -0.294 e. The first-order chi connectivity index (χ1) is 8.54. The van der Waals surface area contributed by atoms with E-state index in [-0.39, 0.29) is 12.2 Å². The molecule has 92 valence electrons. The van der Waals surface area contributed by atoms with E-state index in [1.807, 2.05) is 0 Å². The van der Waals surface area contributed by atoms with Gasteiger partial charge in [0.25, 0.3) is 0 Å². The number of rotatable bonds is 3. The molecule has 0 heterocycles. The van der Waals surface area contributed by atoms with E-state index in [1.165, 1.54) is 6.07 Å². The lowest BCUT2D eigenvalue weighted by atomic mass is 10.0. The first kappa shape index (κ1) is 12.7. The van der Waals surface area contributed by atoms with Crippen molar-refractivity contribution in [2.45, 2.75) is 6.42 Å². The molecule has 0 aliphatic heterocycles. The topological polar surface area (TPSA) is 17.1 Å². The number of hydrogen-bond acceptors (Lipinski definition) is 1. The van der Waals surface area contributed by atoms with Crippen molar-refractivity contribution in [3.63, 3.8) is 0 Å². The number of ketones is 1. The molecule has 0 atom stereocenters. The Morgan fingerprint density at radius 1 is 1.06 bits per heavy atom. The fraction of sp³-hybridized carbons (Fsp3) is 0.0714. The minimum absolute atomic E-state index is 0.0605. The fourth-order valence-corrected chi connectivity index (χ4v) is 1.85. The van der Waals surface area contributed by atoms with Crippen LogP contribution >= 0.6 is 11.6 Å². The SMILES string of the molecule is O=C(Cc1cc(F)cc(F)c1)c1cccc(Cl)c1. The van der Waals surface area contributed by atoms with Crippen LogP contribution in [0.15, 0.2) is 42.5 Å². The van der Waals surface area contributed by atoms with Crippen molar-refractivity contribution < 1.29 is 13.6 Å². The lowest BCUT2D eigenvalue weighted by molar-refractivity contribution is 0.0993. The maximum atomic E-state index is 13.0. The number of benzene rings is 2. The van der Waals surface area contributed by atoms with Crippen LogP contribution in [0.25, 0.3) is 0 Å². The number of hydrogen-bond donors (Lipinski definition) is 0. The smallest absolute Gasteiger partial charge is 0.167 e. The summed E-state index contributed by atoms with van der Waals surface area (Å²) in [5, 5.41) is 0.450. The summed E-state index contributed by atoms with van der Waals surface area (Å²) in [6.07, 6.45) is -0.0605. The van der Waals surface area contributed by atoms with E-state index < -0.39 is 11.6 Å².